The topological polar surface area (TPSA) is 52.6 Å². The molecule has 55 heavy (non-hydrogen) atoms. The van der Waals surface area contributed by atoms with E-state index in [-0.39, 0.29) is 24.3 Å². The normalized spacial score (nSPS) is 12.1. The second-order valence-corrected chi connectivity index (χ2v) is 17.1. The molecule has 0 N–H and O–H groups in total. The van der Waals surface area contributed by atoms with Gasteiger partial charge in [-0.15, -0.1) is 0 Å². The smallest absolute Gasteiger partial charge is 0.309 e. The Morgan fingerprint density at radius 3 is 1.07 bits per heavy atom. The molecule has 0 aromatic rings. The van der Waals surface area contributed by atoms with Crippen molar-refractivity contribution in [2.24, 2.45) is 5.92 Å². The molecule has 0 rings (SSSR count). The van der Waals surface area contributed by atoms with E-state index in [9.17, 15) is 9.59 Å². The molecular weight excluding hydrogens is 677 g/mol. The highest BCUT2D eigenvalue weighted by Crippen LogP contribution is 2.20. The summed E-state index contributed by atoms with van der Waals surface area (Å²) in [6.07, 6.45) is 55.9. The average molecular weight is 775 g/mol. The van der Waals surface area contributed by atoms with Gasteiger partial charge in [0.2, 0.25) is 0 Å². The molecule has 326 valence electrons. The minimum Gasteiger partial charge on any atom is -0.466 e. The van der Waals surface area contributed by atoms with Gasteiger partial charge in [-0.3, -0.25) is 9.59 Å². The molecule has 0 bridgehead atoms. The summed E-state index contributed by atoms with van der Waals surface area (Å²) in [5.41, 5.74) is 0. The summed E-state index contributed by atoms with van der Waals surface area (Å²) in [5, 5.41) is 0. The van der Waals surface area contributed by atoms with E-state index >= 15 is 0 Å². The molecule has 0 aliphatic heterocycles. The maximum atomic E-state index is 13.1. The second-order valence-electron chi connectivity index (χ2n) is 17.1. The summed E-state index contributed by atoms with van der Waals surface area (Å²) < 4.78 is 11.4. The zero-order chi connectivity index (χ0) is 40.0. The van der Waals surface area contributed by atoms with E-state index in [0.29, 0.717) is 13.2 Å². The number of carbonyl (C=O) groups excluding carboxylic acids is 2. The summed E-state index contributed by atoms with van der Waals surface area (Å²) in [6, 6.07) is 0. The van der Waals surface area contributed by atoms with E-state index in [1.807, 2.05) is 0 Å². The highest BCUT2D eigenvalue weighted by atomic mass is 16.5. The lowest BCUT2D eigenvalue weighted by molar-refractivity contribution is -0.155. The first kappa shape index (κ1) is 53.7. The Morgan fingerprint density at radius 1 is 0.364 bits per heavy atom. The van der Waals surface area contributed by atoms with Gasteiger partial charge in [0, 0.05) is 0 Å². The SMILES string of the molecule is CCCC/C=C/CCCCCCCCCCCCCCCC(CC(=O)OCCCCCCCCCCCCC)C(=O)OCCCCCCCCCCCCC. The molecule has 0 aliphatic carbocycles. The van der Waals surface area contributed by atoms with E-state index in [0.717, 1.165) is 44.9 Å². The van der Waals surface area contributed by atoms with Crippen LogP contribution in [0.5, 0.6) is 0 Å². The summed E-state index contributed by atoms with van der Waals surface area (Å²) in [6.45, 7) is 7.77. The van der Waals surface area contributed by atoms with E-state index < -0.39 is 0 Å². The van der Waals surface area contributed by atoms with Crippen molar-refractivity contribution in [2.75, 3.05) is 13.2 Å². The fourth-order valence-corrected chi connectivity index (χ4v) is 7.73. The van der Waals surface area contributed by atoms with E-state index in [1.54, 1.807) is 0 Å². The van der Waals surface area contributed by atoms with Crippen LogP contribution in [-0.4, -0.2) is 25.2 Å². The van der Waals surface area contributed by atoms with Gasteiger partial charge in [0.25, 0.3) is 0 Å². The molecule has 0 radical (unpaired) electrons. The zero-order valence-corrected chi connectivity index (χ0v) is 37.8. The lowest BCUT2D eigenvalue weighted by Gasteiger charge is -2.16. The number of allylic oxidation sites excluding steroid dienone is 2. The maximum Gasteiger partial charge on any atom is 0.309 e. The number of rotatable bonds is 46. The van der Waals surface area contributed by atoms with E-state index in [2.05, 4.69) is 32.9 Å². The van der Waals surface area contributed by atoms with Crippen LogP contribution in [-0.2, 0) is 19.1 Å². The van der Waals surface area contributed by atoms with Crippen molar-refractivity contribution in [1.82, 2.24) is 0 Å². The standard InChI is InChI=1S/C51H98O4/c1-4-7-10-13-16-19-22-23-24-25-26-27-28-29-30-33-36-39-42-45-49(51(53)55-47-44-41-38-35-32-21-18-15-12-9-6-3)48-50(52)54-46-43-40-37-34-31-20-17-14-11-8-5-2/h13,16,49H,4-12,14-15,17-48H2,1-3H3/b16-13+. The fourth-order valence-electron chi connectivity index (χ4n) is 7.73. The van der Waals surface area contributed by atoms with Crippen LogP contribution in [0.2, 0.25) is 0 Å². The Labute approximate surface area is 345 Å². The highest BCUT2D eigenvalue weighted by Gasteiger charge is 2.24. The molecule has 0 aromatic heterocycles. The molecule has 0 saturated heterocycles. The summed E-state index contributed by atoms with van der Waals surface area (Å²) in [4.78, 5) is 25.9. The molecule has 0 aromatic carbocycles. The third kappa shape index (κ3) is 43.6. The van der Waals surface area contributed by atoms with Gasteiger partial charge < -0.3 is 9.47 Å². The lowest BCUT2D eigenvalue weighted by atomic mass is 9.97. The monoisotopic (exact) mass is 775 g/mol. The van der Waals surface area contributed by atoms with Crippen LogP contribution in [0.1, 0.15) is 284 Å². The first-order valence-electron chi connectivity index (χ1n) is 25.1. The molecule has 0 amide bonds. The average Bonchev–Trinajstić information content (AvgIpc) is 3.19. The van der Waals surface area contributed by atoms with Crippen molar-refractivity contribution >= 4 is 11.9 Å². The zero-order valence-electron chi connectivity index (χ0n) is 37.8. The van der Waals surface area contributed by atoms with Crippen LogP contribution in [0.25, 0.3) is 0 Å². The van der Waals surface area contributed by atoms with Crippen molar-refractivity contribution in [3.8, 4) is 0 Å². The number of carbonyl (C=O) groups is 2. The quantitative estimate of drug-likeness (QED) is 0.0351. The molecule has 4 nitrogen and oxygen atoms in total. The molecule has 0 fully saturated rings. The number of ether oxygens (including phenoxy) is 2. The lowest BCUT2D eigenvalue weighted by Crippen LogP contribution is -2.23. The van der Waals surface area contributed by atoms with Crippen LogP contribution in [0.15, 0.2) is 12.2 Å². The van der Waals surface area contributed by atoms with Gasteiger partial charge in [0.05, 0.1) is 25.6 Å². The van der Waals surface area contributed by atoms with Crippen LogP contribution < -0.4 is 0 Å². The number of hydrogen-bond donors (Lipinski definition) is 0. The molecule has 0 saturated carbocycles. The molecule has 1 atom stereocenters. The second kappa shape index (κ2) is 47.1. The van der Waals surface area contributed by atoms with Crippen molar-refractivity contribution in [2.45, 2.75) is 284 Å². The fraction of sp³-hybridized carbons (Fsp3) is 0.922. The van der Waals surface area contributed by atoms with Crippen molar-refractivity contribution in [3.05, 3.63) is 12.2 Å². The highest BCUT2D eigenvalue weighted by molar-refractivity contribution is 5.79. The van der Waals surface area contributed by atoms with Gasteiger partial charge in [-0.25, -0.2) is 0 Å². The van der Waals surface area contributed by atoms with Gasteiger partial charge in [0.1, 0.15) is 0 Å². The number of unbranched alkanes of at least 4 members (excludes halogenated alkanes) is 35. The Bertz CT molecular complexity index is 792. The van der Waals surface area contributed by atoms with Crippen molar-refractivity contribution in [3.63, 3.8) is 0 Å². The molecule has 0 spiro atoms. The van der Waals surface area contributed by atoms with Gasteiger partial charge in [-0.05, 0) is 38.5 Å². The van der Waals surface area contributed by atoms with Gasteiger partial charge in [0.15, 0.2) is 0 Å². The largest absolute Gasteiger partial charge is 0.466 e. The molecule has 0 aliphatic rings. The predicted molar refractivity (Wildman–Crippen MR) is 241 cm³/mol. The molecular formula is C51H98O4. The third-order valence-electron chi connectivity index (χ3n) is 11.6. The van der Waals surface area contributed by atoms with Gasteiger partial charge in [-0.2, -0.15) is 0 Å². The van der Waals surface area contributed by atoms with E-state index in [4.69, 9.17) is 9.47 Å². The minimum absolute atomic E-state index is 0.172. The Kier molecular flexibility index (Phi) is 45.9. The molecule has 4 heteroatoms. The van der Waals surface area contributed by atoms with Crippen LogP contribution in [0, 0.1) is 5.92 Å². The van der Waals surface area contributed by atoms with Crippen molar-refractivity contribution in [1.29, 1.82) is 0 Å². The summed E-state index contributed by atoms with van der Waals surface area (Å²) >= 11 is 0. The Morgan fingerprint density at radius 2 is 0.673 bits per heavy atom. The van der Waals surface area contributed by atoms with Crippen molar-refractivity contribution < 1.29 is 19.1 Å². The summed E-state index contributed by atoms with van der Waals surface area (Å²) in [5.74, 6) is -0.767. The maximum absolute atomic E-state index is 13.1. The number of hydrogen-bond acceptors (Lipinski definition) is 4. The summed E-state index contributed by atoms with van der Waals surface area (Å²) in [7, 11) is 0. The first-order chi connectivity index (χ1) is 27.2. The van der Waals surface area contributed by atoms with E-state index in [1.165, 1.54) is 212 Å². The predicted octanol–water partition coefficient (Wildman–Crippen LogP) is 17.3. The first-order valence-corrected chi connectivity index (χ1v) is 25.1. The van der Waals surface area contributed by atoms with Gasteiger partial charge in [-0.1, -0.05) is 251 Å². The molecule has 1 unspecified atom stereocenters. The van der Waals surface area contributed by atoms with Crippen LogP contribution in [0.4, 0.5) is 0 Å². The molecule has 0 heterocycles. The van der Waals surface area contributed by atoms with Crippen LogP contribution >= 0.6 is 0 Å². The minimum atomic E-state index is -0.361. The van der Waals surface area contributed by atoms with Crippen LogP contribution in [0.3, 0.4) is 0 Å². The number of esters is 2. The van der Waals surface area contributed by atoms with Gasteiger partial charge >= 0.3 is 11.9 Å². The Balaban J connectivity index is 4.18. The Hall–Kier alpha value is -1.32. The third-order valence-corrected chi connectivity index (χ3v) is 11.6.